The van der Waals surface area contributed by atoms with Crippen LogP contribution in [0.4, 0.5) is 0 Å². The Labute approximate surface area is 191 Å². The molecule has 31 heavy (non-hydrogen) atoms. The second-order valence-corrected chi connectivity index (χ2v) is 7.88. The van der Waals surface area contributed by atoms with Gasteiger partial charge >= 0.3 is 0 Å². The van der Waals surface area contributed by atoms with E-state index in [4.69, 9.17) is 42.4 Å². The van der Waals surface area contributed by atoms with E-state index >= 15 is 0 Å². The van der Waals surface area contributed by atoms with Crippen molar-refractivity contribution in [3.05, 3.63) is 82.0 Å². The maximum Gasteiger partial charge on any atom is 0.204 e. The fraction of sp³-hybridized carbons (Fsp3) is 0.160. The van der Waals surface area contributed by atoms with E-state index in [1.165, 1.54) is 0 Å². The van der Waals surface area contributed by atoms with Gasteiger partial charge in [0.1, 0.15) is 0 Å². The first-order chi connectivity index (χ1) is 15.0. The monoisotopic (exact) mass is 453 g/mol. The molecule has 158 valence electrons. The van der Waals surface area contributed by atoms with E-state index in [0.717, 1.165) is 33.3 Å². The highest BCUT2D eigenvalue weighted by atomic mass is 35.5. The van der Waals surface area contributed by atoms with Crippen LogP contribution in [0.1, 0.15) is 11.3 Å². The molecule has 0 aliphatic carbocycles. The molecule has 1 aromatic heterocycles. The lowest BCUT2D eigenvalue weighted by atomic mass is 9.97. The van der Waals surface area contributed by atoms with Gasteiger partial charge in [-0.25, -0.2) is 0 Å². The number of methoxy groups -OCH3 is 3. The van der Waals surface area contributed by atoms with E-state index in [1.54, 1.807) is 21.3 Å². The Morgan fingerprint density at radius 2 is 1.35 bits per heavy atom. The number of rotatable bonds is 6. The van der Waals surface area contributed by atoms with Crippen LogP contribution in [0.25, 0.3) is 22.0 Å². The summed E-state index contributed by atoms with van der Waals surface area (Å²) in [5, 5.41) is 2.22. The third-order valence-corrected chi connectivity index (χ3v) is 5.65. The number of hydrogen-bond donors (Lipinski definition) is 0. The van der Waals surface area contributed by atoms with E-state index in [1.807, 2.05) is 54.6 Å². The summed E-state index contributed by atoms with van der Waals surface area (Å²) in [6.45, 7) is 0. The van der Waals surface area contributed by atoms with Gasteiger partial charge in [0.25, 0.3) is 0 Å². The first kappa shape index (κ1) is 21.3. The summed E-state index contributed by atoms with van der Waals surface area (Å²) in [4.78, 5) is 5.00. The minimum atomic E-state index is 0.534. The molecule has 3 aromatic carbocycles. The predicted octanol–water partition coefficient (Wildman–Crippen LogP) is 6.83. The fourth-order valence-electron chi connectivity index (χ4n) is 3.64. The highest BCUT2D eigenvalue weighted by Gasteiger charge is 2.19. The van der Waals surface area contributed by atoms with E-state index in [0.29, 0.717) is 33.7 Å². The number of nitrogens with zero attached hydrogens (tertiary/aromatic N) is 1. The first-order valence-corrected chi connectivity index (χ1v) is 10.4. The van der Waals surface area contributed by atoms with Gasteiger partial charge in [0.05, 0.1) is 32.5 Å². The highest BCUT2D eigenvalue weighted by Crippen LogP contribution is 2.44. The largest absolute Gasteiger partial charge is 0.493 e. The predicted molar refractivity (Wildman–Crippen MR) is 126 cm³/mol. The van der Waals surface area contributed by atoms with Gasteiger partial charge in [-0.1, -0.05) is 47.5 Å². The molecule has 0 aliphatic rings. The summed E-state index contributed by atoms with van der Waals surface area (Å²) in [6, 6.07) is 19.5. The maximum absolute atomic E-state index is 6.12. The van der Waals surface area contributed by atoms with Crippen molar-refractivity contribution in [1.29, 1.82) is 0 Å². The average molecular weight is 454 g/mol. The number of hydrogen-bond acceptors (Lipinski definition) is 4. The highest BCUT2D eigenvalue weighted by molar-refractivity contribution is 6.30. The van der Waals surface area contributed by atoms with E-state index in [9.17, 15) is 0 Å². The quantitative estimate of drug-likeness (QED) is 0.320. The molecule has 4 rings (SSSR count). The van der Waals surface area contributed by atoms with Gasteiger partial charge in [0.2, 0.25) is 5.75 Å². The molecule has 0 radical (unpaired) electrons. The molecule has 0 fully saturated rings. The zero-order valence-corrected chi connectivity index (χ0v) is 18.9. The number of benzene rings is 3. The van der Waals surface area contributed by atoms with Crippen molar-refractivity contribution in [3.8, 4) is 28.4 Å². The molecule has 0 saturated heterocycles. The Hall–Kier alpha value is -2.95. The first-order valence-electron chi connectivity index (χ1n) is 9.67. The molecule has 0 N–H and O–H groups in total. The summed E-state index contributed by atoms with van der Waals surface area (Å²) in [5.74, 6) is 1.68. The Kier molecular flexibility index (Phi) is 6.21. The third-order valence-electron chi connectivity index (χ3n) is 5.14. The summed E-state index contributed by atoms with van der Waals surface area (Å²) >= 11 is 12.2. The molecule has 0 unspecified atom stereocenters. The van der Waals surface area contributed by atoms with Crippen LogP contribution in [0.2, 0.25) is 10.0 Å². The van der Waals surface area contributed by atoms with Gasteiger partial charge in [-0.3, -0.25) is 4.98 Å². The van der Waals surface area contributed by atoms with Crippen molar-refractivity contribution in [2.75, 3.05) is 21.3 Å². The van der Waals surface area contributed by atoms with Crippen molar-refractivity contribution >= 4 is 34.1 Å². The van der Waals surface area contributed by atoms with Gasteiger partial charge in [-0.15, -0.1) is 0 Å². The third kappa shape index (κ3) is 4.27. The molecule has 4 aromatic rings. The van der Waals surface area contributed by atoms with Crippen LogP contribution in [-0.4, -0.2) is 26.3 Å². The SMILES string of the molecule is COc1cc2nc(Cc3ccc(Cl)cc3)c(-c3ccc(Cl)cc3)cc2c(OC)c1OC. The molecule has 1 heterocycles. The molecule has 0 amide bonds. The van der Waals surface area contributed by atoms with Crippen LogP contribution in [0, 0.1) is 0 Å². The molecular formula is C25H21Cl2NO3. The van der Waals surface area contributed by atoms with Crippen molar-refractivity contribution in [2.45, 2.75) is 6.42 Å². The molecule has 0 atom stereocenters. The maximum atomic E-state index is 6.12. The molecular weight excluding hydrogens is 433 g/mol. The smallest absolute Gasteiger partial charge is 0.204 e. The van der Waals surface area contributed by atoms with E-state index in [2.05, 4.69) is 6.07 Å². The van der Waals surface area contributed by atoms with Crippen molar-refractivity contribution in [1.82, 2.24) is 4.98 Å². The van der Waals surface area contributed by atoms with Gasteiger partial charge in [0.15, 0.2) is 11.5 Å². The van der Waals surface area contributed by atoms with Gasteiger partial charge in [0, 0.05) is 33.5 Å². The molecule has 4 nitrogen and oxygen atoms in total. The molecule has 0 spiro atoms. The van der Waals surface area contributed by atoms with Crippen LogP contribution in [0.3, 0.4) is 0 Å². The summed E-state index contributed by atoms with van der Waals surface area (Å²) < 4.78 is 16.8. The van der Waals surface area contributed by atoms with Gasteiger partial charge < -0.3 is 14.2 Å². The van der Waals surface area contributed by atoms with Crippen LogP contribution in [0.5, 0.6) is 17.2 Å². The standard InChI is InChI=1S/C25H21Cl2NO3/c1-29-23-14-22-20(24(30-2)25(23)31-3)13-19(16-6-10-18(27)11-7-16)21(28-22)12-15-4-8-17(26)9-5-15/h4-11,13-14H,12H2,1-3H3. The Bertz CT molecular complexity index is 1220. The Morgan fingerprint density at radius 3 is 1.94 bits per heavy atom. The van der Waals surface area contributed by atoms with Crippen molar-refractivity contribution in [3.63, 3.8) is 0 Å². The number of halogens is 2. The second kappa shape index (κ2) is 9.04. The Morgan fingerprint density at radius 1 is 0.742 bits per heavy atom. The zero-order valence-electron chi connectivity index (χ0n) is 17.4. The Balaban J connectivity index is 1.97. The van der Waals surface area contributed by atoms with Gasteiger partial charge in [-0.2, -0.15) is 0 Å². The minimum Gasteiger partial charge on any atom is -0.493 e. The number of aromatic nitrogens is 1. The lowest BCUT2D eigenvalue weighted by Gasteiger charge is -2.17. The van der Waals surface area contributed by atoms with Gasteiger partial charge in [-0.05, 0) is 41.5 Å². The van der Waals surface area contributed by atoms with Crippen LogP contribution >= 0.6 is 23.2 Å². The lowest BCUT2D eigenvalue weighted by molar-refractivity contribution is 0.327. The van der Waals surface area contributed by atoms with E-state index in [-0.39, 0.29) is 0 Å². The van der Waals surface area contributed by atoms with Crippen LogP contribution < -0.4 is 14.2 Å². The molecule has 0 aliphatic heterocycles. The minimum absolute atomic E-state index is 0.534. The molecule has 0 saturated carbocycles. The van der Waals surface area contributed by atoms with Crippen molar-refractivity contribution < 1.29 is 14.2 Å². The number of pyridine rings is 1. The summed E-state index contributed by atoms with van der Waals surface area (Å²) in [6.07, 6.45) is 0.641. The number of ether oxygens (including phenoxy) is 3. The summed E-state index contributed by atoms with van der Waals surface area (Å²) in [5.41, 5.74) is 4.80. The molecule has 0 bridgehead atoms. The van der Waals surface area contributed by atoms with E-state index < -0.39 is 0 Å². The average Bonchev–Trinajstić information content (AvgIpc) is 2.79. The zero-order chi connectivity index (χ0) is 22.0. The number of fused-ring (bicyclic) bond motifs is 1. The van der Waals surface area contributed by atoms with Crippen LogP contribution in [0.15, 0.2) is 60.7 Å². The normalized spacial score (nSPS) is 10.9. The lowest BCUT2D eigenvalue weighted by Crippen LogP contribution is -2.01. The van der Waals surface area contributed by atoms with Crippen molar-refractivity contribution in [2.24, 2.45) is 0 Å². The molecule has 6 heteroatoms. The second-order valence-electron chi connectivity index (χ2n) is 7.00. The topological polar surface area (TPSA) is 40.6 Å². The van der Waals surface area contributed by atoms with Crippen LogP contribution in [-0.2, 0) is 6.42 Å². The summed E-state index contributed by atoms with van der Waals surface area (Å²) in [7, 11) is 4.80. The fourth-order valence-corrected chi connectivity index (χ4v) is 3.89.